The molecule has 12 heteroatoms. The highest BCUT2D eigenvalue weighted by atomic mass is 127. The number of aliphatic hydroxyl groups is 1. The maximum atomic E-state index is 14.1. The normalized spacial score (nSPS) is 21.5. The average Bonchev–Trinajstić information content (AvgIpc) is 2.89. The van der Waals surface area contributed by atoms with E-state index in [-0.39, 0.29) is 36.3 Å². The van der Waals surface area contributed by atoms with Gasteiger partial charge < -0.3 is 19.2 Å². The Kier molecular flexibility index (Phi) is 6.30. The monoisotopic (exact) mass is 606 g/mol. The molecule has 2 aromatic rings. The van der Waals surface area contributed by atoms with Crippen LogP contribution in [0.4, 0.5) is 10.1 Å². The molecule has 3 aliphatic heterocycles. The van der Waals surface area contributed by atoms with E-state index >= 15 is 0 Å². The first-order valence-corrected chi connectivity index (χ1v) is 12.1. The fraction of sp³-hybridized carbons (Fsp3) is 0.250. The van der Waals surface area contributed by atoms with Gasteiger partial charge in [-0.2, -0.15) is 0 Å². The Labute approximate surface area is 217 Å². The molecule has 0 aliphatic carbocycles. The van der Waals surface area contributed by atoms with Crippen molar-refractivity contribution in [1.29, 1.82) is 0 Å². The van der Waals surface area contributed by atoms with Crippen LogP contribution in [0.5, 0.6) is 0 Å². The quantitative estimate of drug-likeness (QED) is 0.308. The number of carbonyl (C=O) groups is 1. The Hall–Kier alpha value is -3.29. The van der Waals surface area contributed by atoms with Crippen molar-refractivity contribution in [2.45, 2.75) is 32.1 Å². The Balaban J connectivity index is 1.64. The van der Waals surface area contributed by atoms with Gasteiger partial charge in [-0.15, -0.1) is 5.12 Å². The molecule has 1 aromatic heterocycles. The lowest BCUT2D eigenvalue weighted by atomic mass is 9.87. The Morgan fingerprint density at radius 1 is 1.31 bits per heavy atom. The van der Waals surface area contributed by atoms with Gasteiger partial charge in [-0.3, -0.25) is 9.80 Å². The van der Waals surface area contributed by atoms with Crippen LogP contribution in [0.25, 0.3) is 5.57 Å². The largest absolute Gasteiger partial charge is 0.458 e. The van der Waals surface area contributed by atoms with Gasteiger partial charge in [0, 0.05) is 17.3 Å². The number of hydrazine groups is 2. The summed E-state index contributed by atoms with van der Waals surface area (Å²) >= 11 is 1.97. The minimum Gasteiger partial charge on any atom is -0.458 e. The highest BCUT2D eigenvalue weighted by molar-refractivity contribution is 14.1. The van der Waals surface area contributed by atoms with Gasteiger partial charge in [0.2, 0.25) is 0 Å². The number of ether oxygens (including phenoxy) is 1. The second-order valence-electron chi connectivity index (χ2n) is 8.31. The summed E-state index contributed by atoms with van der Waals surface area (Å²) in [6.07, 6.45) is 4.76. The summed E-state index contributed by atoms with van der Waals surface area (Å²) in [5, 5.41) is 14.1. The number of hydrogen-bond donors (Lipinski definition) is 2. The molecule has 1 aromatic carbocycles. The number of benzene rings is 1. The molecule has 0 bridgehead atoms. The van der Waals surface area contributed by atoms with E-state index in [2.05, 4.69) is 5.59 Å². The Morgan fingerprint density at radius 2 is 2.11 bits per heavy atom. The van der Waals surface area contributed by atoms with E-state index in [4.69, 9.17) is 9.57 Å². The molecule has 0 unspecified atom stereocenters. The molecular weight excluding hydrogens is 586 g/mol. The standard InChI is InChI=1S/C24H20FIN4O6/c1-2-24(34)18-6-8-28(22(32)17(18)13-35-23(24)33)11-20-21(26)16(12-31)15-10-14(25)4-5-19(15)30(20)29-7-3-9-36-27-29/h3-6,8-10,27,34H,2,7,11,13H2,1H3/t24-/m0/s1. The second kappa shape index (κ2) is 9.30. The van der Waals surface area contributed by atoms with Crippen molar-refractivity contribution in [2.24, 2.45) is 0 Å². The first-order valence-electron chi connectivity index (χ1n) is 11.0. The lowest BCUT2D eigenvalue weighted by Crippen LogP contribution is -2.53. The second-order valence-corrected chi connectivity index (χ2v) is 9.38. The van der Waals surface area contributed by atoms with Crippen molar-refractivity contribution in [3.05, 3.63) is 84.9 Å². The van der Waals surface area contributed by atoms with Gasteiger partial charge in [-0.25, -0.2) is 14.0 Å². The molecule has 2 N–H and O–H groups in total. The number of cyclic esters (lactones) is 1. The average molecular weight is 606 g/mol. The van der Waals surface area contributed by atoms with Crippen LogP contribution in [-0.4, -0.2) is 33.2 Å². The molecule has 0 saturated heterocycles. The smallest absolute Gasteiger partial charge is 0.343 e. The van der Waals surface area contributed by atoms with Crippen molar-refractivity contribution >= 4 is 45.8 Å². The van der Waals surface area contributed by atoms with Crippen molar-refractivity contribution in [1.82, 2.24) is 15.3 Å². The summed E-state index contributed by atoms with van der Waals surface area (Å²) in [5.74, 6) is 0.604. The molecule has 0 spiro atoms. The molecule has 0 saturated carbocycles. The van der Waals surface area contributed by atoms with E-state index in [1.54, 1.807) is 23.1 Å². The minimum absolute atomic E-state index is 0.00717. The number of pyridine rings is 1. The number of anilines is 1. The molecule has 1 atom stereocenters. The third-order valence-corrected chi connectivity index (χ3v) is 7.52. The maximum Gasteiger partial charge on any atom is 0.343 e. The highest BCUT2D eigenvalue weighted by Gasteiger charge is 2.44. The van der Waals surface area contributed by atoms with Crippen molar-refractivity contribution < 1.29 is 28.7 Å². The van der Waals surface area contributed by atoms with E-state index in [0.29, 0.717) is 27.1 Å². The van der Waals surface area contributed by atoms with Crippen LogP contribution in [0.1, 0.15) is 30.0 Å². The first-order chi connectivity index (χ1) is 17.3. The first kappa shape index (κ1) is 24.4. The van der Waals surface area contributed by atoms with E-state index in [1.165, 1.54) is 41.3 Å². The predicted octanol–water partition coefficient (Wildman–Crippen LogP) is 2.20. The SMILES string of the molecule is CC[C@@]1(O)C(=O)OCc2c1ccn(CC1=C(I)C(=C=O)c3cc(F)ccc3N1N1CC=CON1)c2=O. The van der Waals surface area contributed by atoms with E-state index < -0.39 is 22.9 Å². The lowest BCUT2D eigenvalue weighted by Gasteiger charge is -2.41. The fourth-order valence-electron chi connectivity index (χ4n) is 4.48. The lowest BCUT2D eigenvalue weighted by molar-refractivity contribution is -0.172. The Morgan fingerprint density at radius 3 is 2.81 bits per heavy atom. The van der Waals surface area contributed by atoms with Gasteiger partial charge >= 0.3 is 5.97 Å². The molecular formula is C24H20FIN4O6. The molecule has 5 rings (SSSR count). The van der Waals surface area contributed by atoms with E-state index in [0.717, 1.165) is 0 Å². The van der Waals surface area contributed by atoms with Gasteiger partial charge in [0.15, 0.2) is 5.60 Å². The fourth-order valence-corrected chi connectivity index (χ4v) is 5.28. The zero-order valence-electron chi connectivity index (χ0n) is 19.0. The topological polar surface area (TPSA) is 113 Å². The molecule has 10 nitrogen and oxygen atoms in total. The van der Waals surface area contributed by atoms with Gasteiger partial charge in [0.05, 0.1) is 39.2 Å². The molecule has 0 radical (unpaired) electrons. The number of nitrogens with one attached hydrogen (secondary N) is 1. The van der Waals surface area contributed by atoms with Gasteiger partial charge in [-0.1, -0.05) is 12.5 Å². The van der Waals surface area contributed by atoms with Crippen LogP contribution < -0.4 is 16.2 Å². The number of allylic oxidation sites excluding steroid dienone is 3. The number of rotatable bonds is 4. The molecule has 0 fully saturated rings. The van der Waals surface area contributed by atoms with Crippen molar-refractivity contribution in [2.75, 3.05) is 11.6 Å². The predicted molar refractivity (Wildman–Crippen MR) is 134 cm³/mol. The van der Waals surface area contributed by atoms with Crippen molar-refractivity contribution in [3.8, 4) is 0 Å². The van der Waals surface area contributed by atoms with Crippen LogP contribution >= 0.6 is 22.6 Å². The zero-order chi connectivity index (χ0) is 25.6. The summed E-state index contributed by atoms with van der Waals surface area (Å²) in [5.41, 5.74) is 2.30. The van der Waals surface area contributed by atoms with Gasteiger partial charge in [-0.05, 0) is 59.4 Å². The van der Waals surface area contributed by atoms with E-state index in [1.807, 2.05) is 28.5 Å². The third-order valence-electron chi connectivity index (χ3n) is 6.36. The van der Waals surface area contributed by atoms with Gasteiger partial charge in [0.25, 0.3) is 5.56 Å². The molecule has 4 heterocycles. The highest BCUT2D eigenvalue weighted by Crippen LogP contribution is 2.43. The number of halogens is 2. The number of esters is 1. The Bertz CT molecular complexity index is 1450. The maximum absolute atomic E-state index is 14.1. The van der Waals surface area contributed by atoms with Gasteiger partial charge in [0.1, 0.15) is 24.6 Å². The summed E-state index contributed by atoms with van der Waals surface area (Å²) in [4.78, 5) is 42.8. The number of carbonyl (C=O) groups excluding carboxylic acids is 2. The van der Waals surface area contributed by atoms with Crippen LogP contribution in [0.3, 0.4) is 0 Å². The van der Waals surface area contributed by atoms with Crippen LogP contribution in [0, 0.1) is 5.82 Å². The number of hydrogen-bond acceptors (Lipinski definition) is 9. The van der Waals surface area contributed by atoms with E-state index in [9.17, 15) is 23.9 Å². The summed E-state index contributed by atoms with van der Waals surface area (Å²) < 4.78 is 21.1. The zero-order valence-corrected chi connectivity index (χ0v) is 21.1. The molecule has 3 aliphatic rings. The minimum atomic E-state index is -1.89. The summed E-state index contributed by atoms with van der Waals surface area (Å²) in [6, 6.07) is 5.59. The molecule has 186 valence electrons. The van der Waals surface area contributed by atoms with Crippen LogP contribution in [0.15, 0.2) is 56.9 Å². The number of fused-ring (bicyclic) bond motifs is 2. The number of aromatic nitrogens is 1. The molecule has 36 heavy (non-hydrogen) atoms. The van der Waals surface area contributed by atoms with Crippen molar-refractivity contribution in [3.63, 3.8) is 0 Å². The summed E-state index contributed by atoms with van der Waals surface area (Å²) in [6.45, 7) is 1.73. The third kappa shape index (κ3) is 3.78. The number of nitrogens with zero attached hydrogens (tertiary/aromatic N) is 3. The summed E-state index contributed by atoms with van der Waals surface area (Å²) in [7, 11) is 0. The van der Waals surface area contributed by atoms with Crippen LogP contribution in [0.2, 0.25) is 0 Å². The molecule has 0 amide bonds. The van der Waals surface area contributed by atoms with Crippen LogP contribution in [-0.2, 0) is 37.9 Å².